The molecule has 0 fully saturated rings. The van der Waals surface area contributed by atoms with Gasteiger partial charge in [0, 0.05) is 17.3 Å². The second kappa shape index (κ2) is 10.5. The number of carbonyl (C=O) groups excluding carboxylic acids is 1. The van der Waals surface area contributed by atoms with Crippen molar-refractivity contribution < 1.29 is 4.79 Å². The highest BCUT2D eigenvalue weighted by molar-refractivity contribution is 6.31. The number of para-hydroxylation sites is 1. The van der Waals surface area contributed by atoms with Gasteiger partial charge in [-0.1, -0.05) is 54.4 Å². The summed E-state index contributed by atoms with van der Waals surface area (Å²) in [7, 11) is 0. The van der Waals surface area contributed by atoms with Crippen LogP contribution in [0.25, 0.3) is 16.6 Å². The van der Waals surface area contributed by atoms with Crippen molar-refractivity contribution in [3.63, 3.8) is 0 Å². The fourth-order valence-electron chi connectivity index (χ4n) is 4.44. The molecule has 7 heteroatoms. The fraction of sp³-hybridized carbons (Fsp3) is 0.276. The maximum atomic E-state index is 13.7. The summed E-state index contributed by atoms with van der Waals surface area (Å²) in [5.74, 6) is 0.476. The highest BCUT2D eigenvalue weighted by Crippen LogP contribution is 2.26. The average Bonchev–Trinajstić information content (AvgIpc) is 2.85. The number of urea groups is 1. The molecule has 6 nitrogen and oxygen atoms in total. The van der Waals surface area contributed by atoms with Gasteiger partial charge in [0.15, 0.2) is 0 Å². The number of benzene rings is 3. The van der Waals surface area contributed by atoms with E-state index in [0.717, 1.165) is 28.8 Å². The van der Waals surface area contributed by atoms with Crippen LogP contribution in [0.2, 0.25) is 5.02 Å². The van der Waals surface area contributed by atoms with Gasteiger partial charge in [-0.05, 0) is 75.6 Å². The van der Waals surface area contributed by atoms with E-state index in [4.69, 9.17) is 16.6 Å². The van der Waals surface area contributed by atoms with Gasteiger partial charge in [0.2, 0.25) is 0 Å². The molecule has 1 unspecified atom stereocenters. The number of aromatic nitrogens is 2. The van der Waals surface area contributed by atoms with Crippen molar-refractivity contribution in [3.8, 4) is 5.69 Å². The molecular weight excluding hydrogens is 472 g/mol. The first-order chi connectivity index (χ1) is 17.2. The Hall–Kier alpha value is -3.64. The van der Waals surface area contributed by atoms with E-state index in [1.165, 1.54) is 0 Å². The lowest BCUT2D eigenvalue weighted by atomic mass is 10.1. The Balaban J connectivity index is 1.86. The van der Waals surface area contributed by atoms with Crippen molar-refractivity contribution in [1.82, 2.24) is 14.5 Å². The van der Waals surface area contributed by atoms with Crippen LogP contribution >= 0.6 is 11.6 Å². The third-order valence-electron chi connectivity index (χ3n) is 6.43. The van der Waals surface area contributed by atoms with Crippen molar-refractivity contribution in [3.05, 3.63) is 98.6 Å². The zero-order valence-corrected chi connectivity index (χ0v) is 22.1. The molecule has 1 N–H and O–H groups in total. The zero-order valence-electron chi connectivity index (χ0n) is 21.3. The first kappa shape index (κ1) is 25.5. The van der Waals surface area contributed by atoms with Crippen LogP contribution in [0.4, 0.5) is 10.5 Å². The van der Waals surface area contributed by atoms with Gasteiger partial charge in [0.05, 0.1) is 22.6 Å². The Morgan fingerprint density at radius 3 is 2.36 bits per heavy atom. The van der Waals surface area contributed by atoms with Crippen molar-refractivity contribution >= 4 is 34.2 Å². The predicted molar refractivity (Wildman–Crippen MR) is 147 cm³/mol. The molecule has 0 aliphatic carbocycles. The minimum Gasteiger partial charge on any atom is -0.315 e. The van der Waals surface area contributed by atoms with Crippen LogP contribution in [0, 0.1) is 20.8 Å². The first-order valence-corrected chi connectivity index (χ1v) is 12.5. The SMILES string of the molecule is CCCN(C(=O)Nc1c(C)cccc1C)C(C)c1nc2cc(Cl)ccc2c(=O)n1-c1ccc(C)cc1. The van der Waals surface area contributed by atoms with Gasteiger partial charge in [-0.3, -0.25) is 9.36 Å². The summed E-state index contributed by atoms with van der Waals surface area (Å²) in [6.45, 7) is 10.4. The predicted octanol–water partition coefficient (Wildman–Crippen LogP) is 6.97. The highest BCUT2D eigenvalue weighted by Gasteiger charge is 2.27. The molecule has 0 bridgehead atoms. The Labute approximate surface area is 216 Å². The number of fused-ring (bicyclic) bond motifs is 1. The van der Waals surface area contributed by atoms with Crippen LogP contribution in [0.1, 0.15) is 48.8 Å². The summed E-state index contributed by atoms with van der Waals surface area (Å²) in [5.41, 5.74) is 4.86. The fourth-order valence-corrected chi connectivity index (χ4v) is 4.61. The van der Waals surface area contributed by atoms with Crippen LogP contribution < -0.4 is 10.9 Å². The summed E-state index contributed by atoms with van der Waals surface area (Å²) in [5, 5.41) is 4.06. The molecule has 3 aromatic carbocycles. The Bertz CT molecular complexity index is 1460. The van der Waals surface area contributed by atoms with E-state index in [2.05, 4.69) is 5.32 Å². The molecule has 186 valence electrons. The summed E-state index contributed by atoms with van der Waals surface area (Å²) >= 11 is 6.24. The maximum Gasteiger partial charge on any atom is 0.322 e. The Morgan fingerprint density at radius 1 is 1.06 bits per heavy atom. The Kier molecular flexibility index (Phi) is 7.45. The van der Waals surface area contributed by atoms with E-state index >= 15 is 0 Å². The number of aryl methyl sites for hydroxylation is 3. The van der Waals surface area contributed by atoms with Gasteiger partial charge in [-0.25, -0.2) is 9.78 Å². The van der Waals surface area contributed by atoms with E-state index in [1.807, 2.05) is 77.1 Å². The quantitative estimate of drug-likeness (QED) is 0.309. The third kappa shape index (κ3) is 5.00. The van der Waals surface area contributed by atoms with E-state index in [9.17, 15) is 9.59 Å². The van der Waals surface area contributed by atoms with E-state index < -0.39 is 6.04 Å². The maximum absolute atomic E-state index is 13.7. The number of amides is 2. The van der Waals surface area contributed by atoms with Gasteiger partial charge in [-0.2, -0.15) is 0 Å². The summed E-state index contributed by atoms with van der Waals surface area (Å²) in [6, 6.07) is 18.0. The van der Waals surface area contributed by atoms with Crippen LogP contribution in [0.5, 0.6) is 0 Å². The van der Waals surface area contributed by atoms with Crippen molar-refractivity contribution in [2.45, 2.75) is 47.1 Å². The lowest BCUT2D eigenvalue weighted by molar-refractivity contribution is 0.189. The summed E-state index contributed by atoms with van der Waals surface area (Å²) in [4.78, 5) is 33.9. The van der Waals surface area contributed by atoms with Crippen molar-refractivity contribution in [1.29, 1.82) is 0 Å². The van der Waals surface area contributed by atoms with Gasteiger partial charge in [0.1, 0.15) is 5.82 Å². The summed E-state index contributed by atoms with van der Waals surface area (Å²) < 4.78 is 1.61. The molecule has 4 aromatic rings. The molecule has 0 saturated heterocycles. The highest BCUT2D eigenvalue weighted by atomic mass is 35.5. The number of anilines is 1. The second-order valence-electron chi connectivity index (χ2n) is 9.17. The largest absolute Gasteiger partial charge is 0.322 e. The normalized spacial score (nSPS) is 11.9. The minimum absolute atomic E-state index is 0.200. The summed E-state index contributed by atoms with van der Waals surface area (Å²) in [6.07, 6.45) is 0.749. The molecule has 0 radical (unpaired) electrons. The van der Waals surface area contributed by atoms with Gasteiger partial charge < -0.3 is 10.2 Å². The molecule has 4 rings (SSSR count). The molecule has 36 heavy (non-hydrogen) atoms. The standard InChI is InChI=1S/C29H31ClN4O2/c1-6-16-33(29(36)32-26-19(3)8-7-9-20(26)4)21(5)27-31-25-17-22(30)12-15-24(25)28(35)34(27)23-13-10-18(2)11-14-23/h7-15,17,21H,6,16H2,1-5H3,(H,32,36). The first-order valence-electron chi connectivity index (χ1n) is 12.1. The van der Waals surface area contributed by atoms with E-state index in [0.29, 0.717) is 34.0 Å². The molecule has 1 aromatic heterocycles. The number of rotatable bonds is 6. The molecule has 0 aliphatic heterocycles. The third-order valence-corrected chi connectivity index (χ3v) is 6.66. The molecule has 2 amide bonds. The molecule has 0 spiro atoms. The Morgan fingerprint density at radius 2 is 1.72 bits per heavy atom. The van der Waals surface area contributed by atoms with Gasteiger partial charge in [0.25, 0.3) is 5.56 Å². The zero-order chi connectivity index (χ0) is 26.0. The smallest absolute Gasteiger partial charge is 0.315 e. The number of hydrogen-bond donors (Lipinski definition) is 1. The second-order valence-corrected chi connectivity index (χ2v) is 9.61. The van der Waals surface area contributed by atoms with E-state index in [1.54, 1.807) is 27.7 Å². The number of hydrogen-bond acceptors (Lipinski definition) is 3. The van der Waals surface area contributed by atoms with Crippen molar-refractivity contribution in [2.24, 2.45) is 0 Å². The average molecular weight is 503 g/mol. The van der Waals surface area contributed by atoms with Crippen LogP contribution in [0.15, 0.2) is 65.5 Å². The molecule has 0 aliphatic rings. The van der Waals surface area contributed by atoms with Gasteiger partial charge in [-0.15, -0.1) is 0 Å². The minimum atomic E-state index is -0.494. The van der Waals surface area contributed by atoms with Crippen LogP contribution in [0.3, 0.4) is 0 Å². The molecule has 1 atom stereocenters. The van der Waals surface area contributed by atoms with Crippen LogP contribution in [-0.4, -0.2) is 27.0 Å². The monoisotopic (exact) mass is 502 g/mol. The molecule has 1 heterocycles. The van der Waals surface area contributed by atoms with Crippen LogP contribution in [-0.2, 0) is 0 Å². The van der Waals surface area contributed by atoms with E-state index in [-0.39, 0.29) is 11.6 Å². The molecular formula is C29H31ClN4O2. The number of carbonyl (C=O) groups is 1. The number of halogens is 1. The van der Waals surface area contributed by atoms with Gasteiger partial charge >= 0.3 is 6.03 Å². The number of nitrogens with zero attached hydrogens (tertiary/aromatic N) is 3. The topological polar surface area (TPSA) is 67.2 Å². The molecule has 0 saturated carbocycles. The lowest BCUT2D eigenvalue weighted by Crippen LogP contribution is -2.40. The van der Waals surface area contributed by atoms with Crippen molar-refractivity contribution in [2.75, 3.05) is 11.9 Å². The lowest BCUT2D eigenvalue weighted by Gasteiger charge is -2.31. The number of nitrogens with one attached hydrogen (secondary N) is 1.